The minimum atomic E-state index is -4.49. The number of nitrogens with two attached hydrogens (primary N) is 1. The lowest BCUT2D eigenvalue weighted by molar-refractivity contribution is -0.137. The fraction of sp³-hybridized carbons (Fsp3) is 0.478. The van der Waals surface area contributed by atoms with Gasteiger partial charge in [0.15, 0.2) is 11.4 Å². The predicted octanol–water partition coefficient (Wildman–Crippen LogP) is 4.05. The molecular weight excluding hydrogens is 433 g/mol. The molecule has 0 bridgehead atoms. The Kier molecular flexibility index (Phi) is 6.64. The van der Waals surface area contributed by atoms with Gasteiger partial charge in [0.2, 0.25) is 5.95 Å². The molecule has 1 unspecified atom stereocenters. The van der Waals surface area contributed by atoms with E-state index in [1.54, 1.807) is 10.9 Å². The van der Waals surface area contributed by atoms with Crippen molar-refractivity contribution in [1.82, 2.24) is 19.7 Å². The first-order chi connectivity index (χ1) is 15.8. The van der Waals surface area contributed by atoms with Crippen LogP contribution in [0.15, 0.2) is 24.4 Å². The molecule has 176 valence electrons. The zero-order valence-electron chi connectivity index (χ0n) is 18.5. The number of nitrogens with zero attached hydrogens (tertiary/aromatic N) is 4. The number of carbonyl (C=O) groups is 1. The van der Waals surface area contributed by atoms with Crippen LogP contribution in [0.4, 0.5) is 19.1 Å². The van der Waals surface area contributed by atoms with E-state index >= 15 is 0 Å². The molecule has 10 heteroatoms. The number of aryl methyl sites for hydroxylation is 1. The van der Waals surface area contributed by atoms with E-state index in [0.29, 0.717) is 53.9 Å². The molecule has 7 nitrogen and oxygen atoms in total. The minimum Gasteiger partial charge on any atom is -0.354 e. The third-order valence-electron chi connectivity index (χ3n) is 5.86. The van der Waals surface area contributed by atoms with Crippen molar-refractivity contribution in [2.24, 2.45) is 5.73 Å². The maximum atomic E-state index is 13.4. The van der Waals surface area contributed by atoms with Gasteiger partial charge < -0.3 is 11.1 Å². The zero-order chi connectivity index (χ0) is 23.6. The third-order valence-corrected chi connectivity index (χ3v) is 5.86. The number of ketones is 1. The van der Waals surface area contributed by atoms with Gasteiger partial charge in [-0.05, 0) is 42.6 Å². The van der Waals surface area contributed by atoms with Crippen molar-refractivity contribution in [2.75, 3.05) is 18.4 Å². The number of anilines is 1. The number of rotatable bonds is 9. The number of hydrogen-bond donors (Lipinski definition) is 2. The first-order valence-electron chi connectivity index (χ1n) is 11.2. The Morgan fingerprint density at radius 3 is 2.76 bits per heavy atom. The molecule has 3 N–H and O–H groups in total. The van der Waals surface area contributed by atoms with Gasteiger partial charge in [0.05, 0.1) is 22.6 Å². The van der Waals surface area contributed by atoms with Crippen LogP contribution < -0.4 is 11.1 Å². The van der Waals surface area contributed by atoms with E-state index in [2.05, 4.69) is 27.3 Å². The number of hydrogen-bond acceptors (Lipinski definition) is 6. The summed E-state index contributed by atoms with van der Waals surface area (Å²) < 4.78 is 41.9. The predicted molar refractivity (Wildman–Crippen MR) is 119 cm³/mol. The van der Waals surface area contributed by atoms with Crippen LogP contribution in [0, 0.1) is 0 Å². The Labute approximate surface area is 189 Å². The SMILES string of the molecule is CCCCCn1cc2c(C3C(=O)Cc4ccc(C(F)(F)F)cc43)nc(NCCCN)nc2n1. The summed E-state index contributed by atoms with van der Waals surface area (Å²) in [6, 6.07) is 3.49. The maximum Gasteiger partial charge on any atom is 0.416 e. The topological polar surface area (TPSA) is 98.7 Å². The van der Waals surface area contributed by atoms with Crippen LogP contribution in [-0.2, 0) is 23.9 Å². The van der Waals surface area contributed by atoms with E-state index in [0.717, 1.165) is 31.4 Å². The second-order valence-corrected chi connectivity index (χ2v) is 8.33. The molecular formula is C23H27F3N6O. The molecule has 33 heavy (non-hydrogen) atoms. The fourth-order valence-corrected chi connectivity index (χ4v) is 4.18. The molecule has 1 aliphatic rings. The van der Waals surface area contributed by atoms with Crippen LogP contribution in [0.1, 0.15) is 60.9 Å². The molecule has 0 radical (unpaired) electrons. The second-order valence-electron chi connectivity index (χ2n) is 8.33. The smallest absolute Gasteiger partial charge is 0.354 e. The Hall–Kier alpha value is -3.01. The second kappa shape index (κ2) is 9.46. The maximum absolute atomic E-state index is 13.4. The highest BCUT2D eigenvalue weighted by molar-refractivity contribution is 5.98. The van der Waals surface area contributed by atoms with Gasteiger partial charge in [-0.3, -0.25) is 9.48 Å². The molecule has 3 aromatic rings. The van der Waals surface area contributed by atoms with Crippen molar-refractivity contribution in [3.63, 3.8) is 0 Å². The molecule has 0 aliphatic heterocycles. The minimum absolute atomic E-state index is 0.0736. The lowest BCUT2D eigenvalue weighted by Gasteiger charge is -2.15. The van der Waals surface area contributed by atoms with Crippen LogP contribution in [0.5, 0.6) is 0 Å². The standard InChI is InChI=1S/C23H27F3N6O/c1-2-3-4-10-32-13-17-20(29-22(28-9-5-8-27)30-21(17)31-32)19-16-12-15(23(24,25)26)7-6-14(16)11-18(19)33/h6-7,12-13,19H,2-5,8-11,27H2,1H3,(H,28,30,31). The highest BCUT2D eigenvalue weighted by atomic mass is 19.4. The highest BCUT2D eigenvalue weighted by Gasteiger charge is 2.38. The highest BCUT2D eigenvalue weighted by Crippen LogP contribution is 2.41. The van der Waals surface area contributed by atoms with Gasteiger partial charge in [0.25, 0.3) is 0 Å². The molecule has 1 aromatic carbocycles. The molecule has 0 amide bonds. The molecule has 2 aromatic heterocycles. The summed E-state index contributed by atoms with van der Waals surface area (Å²) in [5.41, 5.74) is 6.54. The van der Waals surface area contributed by atoms with E-state index in [1.807, 2.05) is 0 Å². The molecule has 0 spiro atoms. The molecule has 2 heterocycles. The summed E-state index contributed by atoms with van der Waals surface area (Å²) in [6.07, 6.45) is 1.13. The van der Waals surface area contributed by atoms with Crippen LogP contribution >= 0.6 is 0 Å². The number of benzene rings is 1. The van der Waals surface area contributed by atoms with E-state index in [1.165, 1.54) is 6.07 Å². The van der Waals surface area contributed by atoms with E-state index in [4.69, 9.17) is 5.73 Å². The molecule has 0 saturated carbocycles. The number of halogens is 3. The number of alkyl halides is 3. The van der Waals surface area contributed by atoms with Crippen LogP contribution in [0.2, 0.25) is 0 Å². The Morgan fingerprint density at radius 1 is 1.21 bits per heavy atom. The van der Waals surface area contributed by atoms with Crippen molar-refractivity contribution in [3.8, 4) is 0 Å². The quantitative estimate of drug-likeness (QED) is 0.468. The van der Waals surface area contributed by atoms with Gasteiger partial charge in [0, 0.05) is 25.7 Å². The lowest BCUT2D eigenvalue weighted by Crippen LogP contribution is -2.15. The van der Waals surface area contributed by atoms with Crippen molar-refractivity contribution in [3.05, 3.63) is 46.8 Å². The Balaban J connectivity index is 1.80. The van der Waals surface area contributed by atoms with Gasteiger partial charge >= 0.3 is 6.18 Å². The van der Waals surface area contributed by atoms with Crippen molar-refractivity contribution < 1.29 is 18.0 Å². The average Bonchev–Trinajstić information content (AvgIpc) is 3.32. The summed E-state index contributed by atoms with van der Waals surface area (Å²) in [4.78, 5) is 22.1. The van der Waals surface area contributed by atoms with E-state index < -0.39 is 17.7 Å². The van der Waals surface area contributed by atoms with Crippen LogP contribution in [0.3, 0.4) is 0 Å². The lowest BCUT2D eigenvalue weighted by atomic mass is 9.93. The number of unbranched alkanes of at least 4 members (excludes halogenated alkanes) is 2. The summed E-state index contributed by atoms with van der Waals surface area (Å²) in [5, 5.41) is 8.23. The fourth-order valence-electron chi connectivity index (χ4n) is 4.18. The summed E-state index contributed by atoms with van der Waals surface area (Å²) >= 11 is 0. The number of aromatic nitrogens is 4. The summed E-state index contributed by atoms with van der Waals surface area (Å²) in [6.45, 7) is 3.82. The van der Waals surface area contributed by atoms with Gasteiger partial charge in [-0.2, -0.15) is 23.3 Å². The van der Waals surface area contributed by atoms with E-state index in [-0.39, 0.29) is 18.2 Å². The van der Waals surface area contributed by atoms with Crippen molar-refractivity contribution in [2.45, 2.75) is 57.7 Å². The van der Waals surface area contributed by atoms with Crippen molar-refractivity contribution >= 4 is 22.8 Å². The van der Waals surface area contributed by atoms with Crippen LogP contribution in [0.25, 0.3) is 11.0 Å². The third kappa shape index (κ3) is 4.85. The monoisotopic (exact) mass is 460 g/mol. The number of carbonyl (C=O) groups excluding carboxylic acids is 1. The van der Waals surface area contributed by atoms with E-state index in [9.17, 15) is 18.0 Å². The van der Waals surface area contributed by atoms with Gasteiger partial charge in [-0.15, -0.1) is 0 Å². The number of Topliss-reactive ketones (excluding diaryl/α,β-unsaturated/α-hetero) is 1. The average molecular weight is 461 g/mol. The first kappa shape index (κ1) is 23.2. The first-order valence-corrected chi connectivity index (χ1v) is 11.2. The Morgan fingerprint density at radius 2 is 2.03 bits per heavy atom. The molecule has 0 fully saturated rings. The number of fused-ring (bicyclic) bond motifs is 2. The Bertz CT molecular complexity index is 1160. The normalized spacial score (nSPS) is 15.9. The van der Waals surface area contributed by atoms with Gasteiger partial charge in [-0.25, -0.2) is 4.98 Å². The summed E-state index contributed by atoms with van der Waals surface area (Å²) in [7, 11) is 0. The largest absolute Gasteiger partial charge is 0.416 e. The molecule has 1 atom stereocenters. The molecule has 0 saturated heterocycles. The molecule has 1 aliphatic carbocycles. The zero-order valence-corrected chi connectivity index (χ0v) is 18.5. The van der Waals surface area contributed by atoms with Crippen LogP contribution in [-0.4, -0.2) is 38.6 Å². The summed E-state index contributed by atoms with van der Waals surface area (Å²) in [5.74, 6) is -0.787. The number of nitrogens with one attached hydrogen (secondary N) is 1. The van der Waals surface area contributed by atoms with Gasteiger partial charge in [0.1, 0.15) is 0 Å². The van der Waals surface area contributed by atoms with Gasteiger partial charge in [-0.1, -0.05) is 25.8 Å². The van der Waals surface area contributed by atoms with Crippen molar-refractivity contribution in [1.29, 1.82) is 0 Å². The molecule has 4 rings (SSSR count).